The summed E-state index contributed by atoms with van der Waals surface area (Å²) in [5.41, 5.74) is 6.13. The van der Waals surface area contributed by atoms with Gasteiger partial charge in [0.25, 0.3) is 11.5 Å². The Bertz CT molecular complexity index is 1260. The zero-order valence-corrected chi connectivity index (χ0v) is 19.4. The number of aromatic nitrogens is 4. The molecule has 3 heterocycles. The number of carbonyl (C=O) groups excluding carboxylic acids is 1. The zero-order chi connectivity index (χ0) is 24.9. The zero-order valence-electron chi connectivity index (χ0n) is 19.4. The summed E-state index contributed by atoms with van der Waals surface area (Å²) in [6.45, 7) is 3.12. The molecule has 1 aromatic carbocycles. The molecule has 0 spiro atoms. The summed E-state index contributed by atoms with van der Waals surface area (Å²) < 4.78 is 17.8. The van der Waals surface area contributed by atoms with Crippen molar-refractivity contribution in [2.45, 2.75) is 6.10 Å². The summed E-state index contributed by atoms with van der Waals surface area (Å²) in [6.07, 6.45) is 3.21. The molecule has 1 saturated heterocycles. The molecular formula is C22H27N7O6. The normalized spacial score (nSPS) is 15.1. The predicted octanol–water partition coefficient (Wildman–Crippen LogP) is -0.361. The van der Waals surface area contributed by atoms with Gasteiger partial charge < -0.3 is 25.1 Å². The second kappa shape index (κ2) is 10.6. The number of morpholine rings is 1. The third kappa shape index (κ3) is 5.31. The highest BCUT2D eigenvalue weighted by Crippen LogP contribution is 2.37. The van der Waals surface area contributed by atoms with E-state index < -0.39 is 17.6 Å². The summed E-state index contributed by atoms with van der Waals surface area (Å²) in [5.74, 6) is -0.200. The van der Waals surface area contributed by atoms with E-state index in [2.05, 4.69) is 25.2 Å². The number of amides is 1. The average Bonchev–Trinajstić information content (AvgIpc) is 2.86. The van der Waals surface area contributed by atoms with Gasteiger partial charge in [-0.2, -0.15) is 0 Å². The van der Waals surface area contributed by atoms with Crippen molar-refractivity contribution in [3.8, 4) is 11.5 Å². The first-order chi connectivity index (χ1) is 16.9. The summed E-state index contributed by atoms with van der Waals surface area (Å²) in [7, 11) is 2.87. The highest BCUT2D eigenvalue weighted by atomic mass is 16.5. The molecule has 13 heteroatoms. The standard InChI is InChI=1S/C22H27N7O6/c1-28-21(32)17-15(23)7-16(35-11-14(30)10-29-3-5-34-6-4-29)19(33-2)18(17)26-22(28)27-20(31)13-8-24-12-25-9-13/h7-9,12,14,30H,3-6,10-11,23H2,1-2H3,(H,26,27,31)/t14-/m1/s1. The number of benzene rings is 1. The van der Waals surface area contributed by atoms with Crippen molar-refractivity contribution in [3.05, 3.63) is 40.7 Å². The van der Waals surface area contributed by atoms with Gasteiger partial charge >= 0.3 is 0 Å². The molecule has 35 heavy (non-hydrogen) atoms. The highest BCUT2D eigenvalue weighted by molar-refractivity contribution is 6.04. The van der Waals surface area contributed by atoms with Gasteiger partial charge in [0.15, 0.2) is 11.5 Å². The topological polar surface area (TPSA) is 167 Å². The first kappa shape index (κ1) is 24.3. The van der Waals surface area contributed by atoms with Crippen LogP contribution in [0.2, 0.25) is 0 Å². The number of nitrogen functional groups attached to an aromatic ring is 1. The van der Waals surface area contributed by atoms with E-state index in [0.29, 0.717) is 19.8 Å². The van der Waals surface area contributed by atoms with Crippen LogP contribution in [0.5, 0.6) is 11.5 Å². The summed E-state index contributed by atoms with van der Waals surface area (Å²) in [6, 6.07) is 1.46. The van der Waals surface area contributed by atoms with E-state index in [0.717, 1.165) is 13.1 Å². The molecule has 3 aromatic rings. The van der Waals surface area contributed by atoms with Gasteiger partial charge in [0.1, 0.15) is 24.6 Å². The molecule has 1 aliphatic heterocycles. The van der Waals surface area contributed by atoms with Gasteiger partial charge in [-0.1, -0.05) is 0 Å². The van der Waals surface area contributed by atoms with Gasteiger partial charge in [-0.25, -0.2) is 15.0 Å². The smallest absolute Gasteiger partial charge is 0.264 e. The van der Waals surface area contributed by atoms with E-state index in [1.54, 1.807) is 0 Å². The van der Waals surface area contributed by atoms with Crippen LogP contribution in [0, 0.1) is 0 Å². The minimum atomic E-state index is -0.769. The van der Waals surface area contributed by atoms with Crippen molar-refractivity contribution in [3.63, 3.8) is 0 Å². The minimum Gasteiger partial charge on any atom is -0.491 e. The van der Waals surface area contributed by atoms with Crippen molar-refractivity contribution >= 4 is 28.4 Å². The molecule has 0 bridgehead atoms. The van der Waals surface area contributed by atoms with Crippen LogP contribution in [-0.4, -0.2) is 88.1 Å². The first-order valence-corrected chi connectivity index (χ1v) is 10.9. The molecule has 4 rings (SSSR count). The van der Waals surface area contributed by atoms with Crippen LogP contribution in [0.1, 0.15) is 10.4 Å². The Kier molecular flexibility index (Phi) is 7.39. The van der Waals surface area contributed by atoms with Gasteiger partial charge in [0.05, 0.1) is 37.0 Å². The van der Waals surface area contributed by atoms with Crippen molar-refractivity contribution in [1.29, 1.82) is 0 Å². The SMILES string of the molecule is COc1c(OC[C@H](O)CN2CCOCC2)cc(N)c2c(=O)n(C)c(NC(=O)c3cncnc3)nc12. The summed E-state index contributed by atoms with van der Waals surface area (Å²) in [5, 5.41) is 13.1. The maximum atomic E-state index is 13.1. The average molecular weight is 486 g/mol. The number of fused-ring (bicyclic) bond motifs is 1. The Hall–Kier alpha value is -3.81. The number of nitrogens with two attached hydrogens (primary N) is 1. The van der Waals surface area contributed by atoms with E-state index in [4.69, 9.17) is 19.9 Å². The molecule has 4 N–H and O–H groups in total. The molecule has 0 saturated carbocycles. The van der Waals surface area contributed by atoms with E-state index in [1.807, 2.05) is 0 Å². The van der Waals surface area contributed by atoms with E-state index in [9.17, 15) is 14.7 Å². The quantitative estimate of drug-likeness (QED) is 0.356. The molecule has 1 aliphatic rings. The molecule has 0 unspecified atom stereocenters. The highest BCUT2D eigenvalue weighted by Gasteiger charge is 2.22. The lowest BCUT2D eigenvalue weighted by molar-refractivity contribution is 0.00447. The van der Waals surface area contributed by atoms with Gasteiger partial charge in [0, 0.05) is 45.1 Å². The lowest BCUT2D eigenvalue weighted by Gasteiger charge is -2.28. The Labute approximate surface area is 200 Å². The van der Waals surface area contributed by atoms with Crippen LogP contribution in [0.4, 0.5) is 11.6 Å². The van der Waals surface area contributed by atoms with Crippen LogP contribution in [0.15, 0.2) is 29.6 Å². The van der Waals surface area contributed by atoms with Crippen molar-refractivity contribution in [2.75, 3.05) is 57.6 Å². The summed E-state index contributed by atoms with van der Waals surface area (Å²) in [4.78, 5) is 39.8. The fraction of sp³-hybridized carbons (Fsp3) is 0.409. The number of rotatable bonds is 8. The number of nitrogens with zero attached hydrogens (tertiary/aromatic N) is 5. The number of aliphatic hydroxyl groups excluding tert-OH is 1. The largest absolute Gasteiger partial charge is 0.491 e. The van der Waals surface area contributed by atoms with E-state index in [-0.39, 0.29) is 46.2 Å². The molecule has 13 nitrogen and oxygen atoms in total. The van der Waals surface area contributed by atoms with Gasteiger partial charge in [-0.15, -0.1) is 0 Å². The Balaban J connectivity index is 1.62. The Morgan fingerprint density at radius 3 is 2.71 bits per heavy atom. The van der Waals surface area contributed by atoms with Crippen molar-refractivity contribution in [2.24, 2.45) is 7.05 Å². The molecular weight excluding hydrogens is 458 g/mol. The molecule has 0 aliphatic carbocycles. The molecule has 2 aromatic heterocycles. The van der Waals surface area contributed by atoms with E-state index in [1.165, 1.54) is 43.5 Å². The second-order valence-electron chi connectivity index (χ2n) is 7.98. The maximum absolute atomic E-state index is 13.1. The van der Waals surface area contributed by atoms with Gasteiger partial charge in [-0.05, 0) is 0 Å². The third-order valence-corrected chi connectivity index (χ3v) is 5.56. The number of β-amino-alcohol motifs (C(OH)–C–C–N with tert-alkyl or cyclic N) is 1. The number of anilines is 2. The molecule has 1 atom stereocenters. The number of methoxy groups -OCH3 is 1. The number of carbonyl (C=O) groups is 1. The van der Waals surface area contributed by atoms with Crippen LogP contribution >= 0.6 is 0 Å². The molecule has 1 amide bonds. The number of hydrogen-bond donors (Lipinski definition) is 3. The Morgan fingerprint density at radius 1 is 1.31 bits per heavy atom. The van der Waals surface area contributed by atoms with Crippen LogP contribution < -0.4 is 26.1 Å². The number of nitrogens with one attached hydrogen (secondary N) is 1. The van der Waals surface area contributed by atoms with Crippen molar-refractivity contribution < 1.29 is 24.1 Å². The third-order valence-electron chi connectivity index (χ3n) is 5.56. The van der Waals surface area contributed by atoms with Crippen molar-refractivity contribution in [1.82, 2.24) is 24.4 Å². The first-order valence-electron chi connectivity index (χ1n) is 10.9. The summed E-state index contributed by atoms with van der Waals surface area (Å²) >= 11 is 0. The number of aliphatic hydroxyl groups is 1. The lowest BCUT2D eigenvalue weighted by Crippen LogP contribution is -2.42. The molecule has 0 radical (unpaired) electrons. The molecule has 1 fully saturated rings. The van der Waals surface area contributed by atoms with Crippen LogP contribution in [0.25, 0.3) is 10.9 Å². The maximum Gasteiger partial charge on any atom is 0.264 e. The predicted molar refractivity (Wildman–Crippen MR) is 127 cm³/mol. The fourth-order valence-corrected chi connectivity index (χ4v) is 3.75. The minimum absolute atomic E-state index is 0.0267. The van der Waals surface area contributed by atoms with Gasteiger partial charge in [-0.3, -0.25) is 24.4 Å². The Morgan fingerprint density at radius 2 is 2.03 bits per heavy atom. The van der Waals surface area contributed by atoms with Crippen LogP contribution in [-0.2, 0) is 11.8 Å². The molecule has 186 valence electrons. The van der Waals surface area contributed by atoms with Gasteiger partial charge in [0.2, 0.25) is 5.95 Å². The monoisotopic (exact) mass is 485 g/mol. The van der Waals surface area contributed by atoms with E-state index >= 15 is 0 Å². The fourth-order valence-electron chi connectivity index (χ4n) is 3.75. The lowest BCUT2D eigenvalue weighted by atomic mass is 10.1. The second-order valence-corrected chi connectivity index (χ2v) is 7.98. The number of ether oxygens (including phenoxy) is 3. The number of hydrogen-bond acceptors (Lipinski definition) is 11. The van der Waals surface area contributed by atoms with Crippen LogP contribution in [0.3, 0.4) is 0 Å².